The highest BCUT2D eigenvalue weighted by atomic mass is 19.1. The van der Waals surface area contributed by atoms with Gasteiger partial charge in [0.15, 0.2) is 11.5 Å². The molecule has 0 saturated heterocycles. The van der Waals surface area contributed by atoms with Crippen LogP contribution in [0, 0.1) is 5.82 Å². The summed E-state index contributed by atoms with van der Waals surface area (Å²) in [5, 5.41) is 5.68. The quantitative estimate of drug-likeness (QED) is 0.682. The van der Waals surface area contributed by atoms with Crippen molar-refractivity contribution in [2.45, 2.75) is 0 Å². The van der Waals surface area contributed by atoms with Crippen LogP contribution in [-0.2, 0) is 0 Å². The Bertz CT molecular complexity index is 963. The molecule has 6 nitrogen and oxygen atoms in total. The lowest BCUT2D eigenvalue weighted by Crippen LogP contribution is -2.14. The molecule has 0 fully saturated rings. The predicted molar refractivity (Wildman–Crippen MR) is 101 cm³/mol. The highest BCUT2D eigenvalue weighted by Crippen LogP contribution is 2.30. The third kappa shape index (κ3) is 4.33. The van der Waals surface area contributed by atoms with E-state index in [-0.39, 0.29) is 11.5 Å². The van der Waals surface area contributed by atoms with E-state index in [0.29, 0.717) is 28.6 Å². The first-order valence-corrected chi connectivity index (χ1v) is 8.11. The maximum atomic E-state index is 13.8. The molecule has 1 heterocycles. The van der Waals surface area contributed by atoms with Crippen molar-refractivity contribution in [3.63, 3.8) is 0 Å². The first kappa shape index (κ1) is 18.2. The van der Waals surface area contributed by atoms with Gasteiger partial charge in [-0.05, 0) is 36.4 Å². The number of rotatable bonds is 6. The normalized spacial score (nSPS) is 10.2. The van der Waals surface area contributed by atoms with Crippen molar-refractivity contribution in [3.8, 4) is 11.5 Å². The molecule has 2 aromatic carbocycles. The Labute approximate surface area is 156 Å². The van der Waals surface area contributed by atoms with Crippen molar-refractivity contribution < 1.29 is 18.7 Å². The number of nitrogens with zero attached hydrogens (tertiary/aromatic N) is 1. The van der Waals surface area contributed by atoms with E-state index in [4.69, 9.17) is 9.47 Å². The second kappa shape index (κ2) is 8.18. The van der Waals surface area contributed by atoms with Crippen LogP contribution in [0.2, 0.25) is 0 Å². The number of benzene rings is 2. The number of hydrogen-bond donors (Lipinski definition) is 2. The van der Waals surface area contributed by atoms with E-state index in [9.17, 15) is 9.18 Å². The summed E-state index contributed by atoms with van der Waals surface area (Å²) in [5.74, 6) is 0.271. The molecule has 0 bridgehead atoms. The van der Waals surface area contributed by atoms with E-state index >= 15 is 0 Å². The number of ether oxygens (including phenoxy) is 2. The number of nitrogens with one attached hydrogen (secondary N) is 2. The van der Waals surface area contributed by atoms with Gasteiger partial charge in [0.25, 0.3) is 5.91 Å². The van der Waals surface area contributed by atoms with Crippen LogP contribution in [0.1, 0.15) is 10.5 Å². The van der Waals surface area contributed by atoms with E-state index in [0.717, 1.165) is 0 Å². The van der Waals surface area contributed by atoms with Crippen LogP contribution in [0.4, 0.5) is 21.5 Å². The van der Waals surface area contributed by atoms with Crippen LogP contribution in [0.3, 0.4) is 0 Å². The van der Waals surface area contributed by atoms with Crippen molar-refractivity contribution in [3.05, 3.63) is 72.3 Å². The van der Waals surface area contributed by atoms with Gasteiger partial charge in [-0.15, -0.1) is 0 Å². The fourth-order valence-corrected chi connectivity index (χ4v) is 2.46. The van der Waals surface area contributed by atoms with Crippen LogP contribution in [0.25, 0.3) is 0 Å². The smallest absolute Gasteiger partial charge is 0.274 e. The Morgan fingerprint density at radius 3 is 2.48 bits per heavy atom. The Morgan fingerprint density at radius 2 is 1.74 bits per heavy atom. The monoisotopic (exact) mass is 367 g/mol. The van der Waals surface area contributed by atoms with E-state index in [2.05, 4.69) is 15.6 Å². The zero-order valence-electron chi connectivity index (χ0n) is 14.8. The minimum Gasteiger partial charge on any atom is -0.493 e. The zero-order valence-corrected chi connectivity index (χ0v) is 14.8. The third-order valence-corrected chi connectivity index (χ3v) is 3.79. The number of anilines is 3. The molecule has 3 rings (SSSR count). The standard InChI is InChI=1S/C20H18FN3O3/c1-26-18-8-7-13(12-19(18)27-2)24-20(25)17-11-14(9-10-22-17)23-16-6-4-3-5-15(16)21/h3-12H,1-2H3,(H,22,23)(H,24,25). The van der Waals surface area contributed by atoms with Crippen LogP contribution in [0.15, 0.2) is 60.8 Å². The van der Waals surface area contributed by atoms with Gasteiger partial charge in [0.1, 0.15) is 11.5 Å². The minimum atomic E-state index is -0.403. The Hall–Kier alpha value is -3.61. The maximum Gasteiger partial charge on any atom is 0.274 e. The summed E-state index contributed by atoms with van der Waals surface area (Å²) in [6.45, 7) is 0. The fourth-order valence-electron chi connectivity index (χ4n) is 2.46. The maximum absolute atomic E-state index is 13.8. The molecule has 0 aliphatic carbocycles. The zero-order chi connectivity index (χ0) is 19.2. The second-order valence-corrected chi connectivity index (χ2v) is 5.56. The SMILES string of the molecule is COc1ccc(NC(=O)c2cc(Nc3ccccc3F)ccn2)cc1OC. The third-order valence-electron chi connectivity index (χ3n) is 3.79. The summed E-state index contributed by atoms with van der Waals surface area (Å²) in [7, 11) is 3.05. The molecule has 7 heteroatoms. The largest absolute Gasteiger partial charge is 0.493 e. The Morgan fingerprint density at radius 1 is 0.963 bits per heavy atom. The lowest BCUT2D eigenvalue weighted by Gasteiger charge is -2.11. The Balaban J connectivity index is 1.77. The molecular weight excluding hydrogens is 349 g/mol. The first-order chi connectivity index (χ1) is 13.1. The van der Waals surface area contributed by atoms with Crippen molar-refractivity contribution in [2.24, 2.45) is 0 Å². The van der Waals surface area contributed by atoms with Gasteiger partial charge in [-0.1, -0.05) is 12.1 Å². The number of halogens is 1. The van der Waals surface area contributed by atoms with E-state index in [1.807, 2.05) is 0 Å². The number of carbonyl (C=O) groups is 1. The molecule has 0 aliphatic rings. The van der Waals surface area contributed by atoms with Crippen molar-refractivity contribution in [2.75, 3.05) is 24.9 Å². The second-order valence-electron chi connectivity index (χ2n) is 5.56. The van der Waals surface area contributed by atoms with E-state index in [1.54, 1.807) is 48.5 Å². The average Bonchev–Trinajstić information content (AvgIpc) is 2.70. The minimum absolute atomic E-state index is 0.186. The van der Waals surface area contributed by atoms with Crippen LogP contribution >= 0.6 is 0 Å². The van der Waals surface area contributed by atoms with E-state index < -0.39 is 5.91 Å². The van der Waals surface area contributed by atoms with Crippen LogP contribution < -0.4 is 20.1 Å². The number of hydrogen-bond acceptors (Lipinski definition) is 5. The highest BCUT2D eigenvalue weighted by Gasteiger charge is 2.11. The summed E-state index contributed by atoms with van der Waals surface area (Å²) in [4.78, 5) is 16.6. The number of carbonyl (C=O) groups excluding carboxylic acids is 1. The molecule has 0 unspecified atom stereocenters. The Kier molecular flexibility index (Phi) is 5.51. The first-order valence-electron chi connectivity index (χ1n) is 8.11. The van der Waals surface area contributed by atoms with Gasteiger partial charge in [-0.3, -0.25) is 9.78 Å². The molecule has 27 heavy (non-hydrogen) atoms. The molecule has 0 saturated carbocycles. The number of amides is 1. The topological polar surface area (TPSA) is 72.5 Å². The lowest BCUT2D eigenvalue weighted by molar-refractivity contribution is 0.102. The molecule has 0 spiro atoms. The van der Waals surface area contributed by atoms with Crippen molar-refractivity contribution in [1.82, 2.24) is 4.98 Å². The molecule has 0 aliphatic heterocycles. The summed E-state index contributed by atoms with van der Waals surface area (Å²) < 4.78 is 24.2. The van der Waals surface area contributed by atoms with E-state index in [1.165, 1.54) is 26.5 Å². The summed E-state index contributed by atoms with van der Waals surface area (Å²) >= 11 is 0. The van der Waals surface area contributed by atoms with Crippen LogP contribution in [0.5, 0.6) is 11.5 Å². The molecule has 0 radical (unpaired) electrons. The molecule has 138 valence electrons. The molecule has 3 aromatic rings. The van der Waals surface area contributed by atoms with Crippen molar-refractivity contribution >= 4 is 23.0 Å². The van der Waals surface area contributed by atoms with Gasteiger partial charge in [0.05, 0.1) is 19.9 Å². The van der Waals surface area contributed by atoms with Gasteiger partial charge in [0, 0.05) is 23.6 Å². The molecular formula is C20H18FN3O3. The number of methoxy groups -OCH3 is 2. The number of pyridine rings is 1. The number of para-hydroxylation sites is 1. The van der Waals surface area contributed by atoms with Gasteiger partial charge >= 0.3 is 0 Å². The summed E-state index contributed by atoms with van der Waals surface area (Å²) in [5.41, 5.74) is 1.58. The summed E-state index contributed by atoms with van der Waals surface area (Å²) in [6, 6.07) is 14.5. The lowest BCUT2D eigenvalue weighted by atomic mass is 10.2. The van der Waals surface area contributed by atoms with Gasteiger partial charge in [0.2, 0.25) is 0 Å². The predicted octanol–water partition coefficient (Wildman–Crippen LogP) is 4.23. The molecule has 1 amide bonds. The number of aromatic nitrogens is 1. The molecule has 1 aromatic heterocycles. The molecule has 0 atom stereocenters. The van der Waals surface area contributed by atoms with Gasteiger partial charge in [-0.25, -0.2) is 4.39 Å². The highest BCUT2D eigenvalue weighted by molar-refractivity contribution is 6.03. The molecule has 2 N–H and O–H groups in total. The average molecular weight is 367 g/mol. The summed E-state index contributed by atoms with van der Waals surface area (Å²) in [6.07, 6.45) is 1.48. The van der Waals surface area contributed by atoms with Gasteiger partial charge < -0.3 is 20.1 Å². The fraction of sp³-hybridized carbons (Fsp3) is 0.100. The van der Waals surface area contributed by atoms with Crippen LogP contribution in [-0.4, -0.2) is 25.1 Å². The van der Waals surface area contributed by atoms with Gasteiger partial charge in [-0.2, -0.15) is 0 Å². The van der Waals surface area contributed by atoms with Crippen molar-refractivity contribution in [1.29, 1.82) is 0 Å².